The summed E-state index contributed by atoms with van der Waals surface area (Å²) >= 11 is 0. The summed E-state index contributed by atoms with van der Waals surface area (Å²) in [4.78, 5) is 16.5. The maximum absolute atomic E-state index is 7.99. The van der Waals surface area contributed by atoms with Gasteiger partial charge in [-0.15, -0.1) is 89.5 Å². The Morgan fingerprint density at radius 3 is 1.67 bits per heavy atom. The van der Waals surface area contributed by atoms with Crippen molar-refractivity contribution in [3.63, 3.8) is 0 Å². The van der Waals surface area contributed by atoms with Gasteiger partial charge in [-0.3, -0.25) is 0 Å². The third kappa shape index (κ3) is 10.3. The molecule has 2 aliphatic rings. The van der Waals surface area contributed by atoms with Crippen molar-refractivity contribution in [2.75, 3.05) is 26.6 Å². The fourth-order valence-corrected chi connectivity index (χ4v) is 9.91. The molecule has 79 heavy (non-hydrogen) atoms. The van der Waals surface area contributed by atoms with Gasteiger partial charge >= 0.3 is 0 Å². The molecule has 6 heterocycles. The molecule has 14 rings (SSSR count). The van der Waals surface area contributed by atoms with Crippen LogP contribution in [-0.4, -0.2) is 26.1 Å². The topological polar surface area (TPSA) is 67.1 Å². The molecule has 0 aliphatic carbocycles. The Hall–Kier alpha value is -8.42. The van der Waals surface area contributed by atoms with E-state index in [0.29, 0.717) is 34.4 Å². The SMILES string of the molecule is [2H]C([2H])([2H])N1[CH-]N(c2[c-]c(Oc3[c-]c4c(cc3)c3ccccc3n4-c3cc(C(C)(C)C)ccn3)ccc2)c2ccccc21.[Pt].[Pt].[c-]1c(Oc2[c-]c3c(cc2)c2ccccc2n3-c2ccccn2)cccc1N1C=CN(c2ccccc2)[CH-]1. The van der Waals surface area contributed by atoms with Crippen LogP contribution in [0.2, 0.25) is 0 Å². The van der Waals surface area contributed by atoms with Crippen LogP contribution in [0.25, 0.3) is 55.2 Å². The third-order valence-electron chi connectivity index (χ3n) is 13.6. The molecule has 10 nitrogen and oxygen atoms in total. The van der Waals surface area contributed by atoms with Crippen LogP contribution in [0.15, 0.2) is 219 Å². The van der Waals surface area contributed by atoms with Crippen molar-refractivity contribution in [3.8, 4) is 34.6 Å². The number of hydrogen-bond acceptors (Lipinski definition) is 8. The van der Waals surface area contributed by atoms with Gasteiger partial charge in [0.05, 0.1) is 0 Å². The van der Waals surface area contributed by atoms with Crippen LogP contribution in [0, 0.1) is 37.6 Å². The van der Waals surface area contributed by atoms with Crippen LogP contribution < -0.4 is 29.1 Å². The number of anilines is 5. The van der Waals surface area contributed by atoms with Crippen LogP contribution in [0.1, 0.15) is 30.4 Å². The van der Waals surface area contributed by atoms with E-state index < -0.39 is 6.98 Å². The van der Waals surface area contributed by atoms with Crippen LogP contribution in [0.4, 0.5) is 28.4 Å². The molecule has 2 aliphatic heterocycles. The first-order valence-electron chi connectivity index (χ1n) is 26.8. The Bertz CT molecular complexity index is 4300. The van der Waals surface area contributed by atoms with E-state index in [2.05, 4.69) is 131 Å². The van der Waals surface area contributed by atoms with Gasteiger partial charge in [-0.05, 0) is 102 Å². The van der Waals surface area contributed by atoms with Crippen molar-refractivity contribution < 1.29 is 55.7 Å². The second-order valence-corrected chi connectivity index (χ2v) is 19.6. The molecule has 0 bridgehead atoms. The number of hydrogen-bond donors (Lipinski definition) is 0. The zero-order chi connectivity index (χ0) is 54.5. The van der Waals surface area contributed by atoms with E-state index in [1.54, 1.807) is 18.9 Å². The molecule has 12 aromatic rings. The molecule has 0 fully saturated rings. The molecule has 0 saturated carbocycles. The molecule has 8 aromatic carbocycles. The normalized spacial score (nSPS) is 13.6. The molecule has 0 radical (unpaired) electrons. The maximum atomic E-state index is 7.99. The average molecular weight is 1390 g/mol. The van der Waals surface area contributed by atoms with Crippen molar-refractivity contribution >= 4 is 72.0 Å². The van der Waals surface area contributed by atoms with Crippen LogP contribution in [0.5, 0.6) is 23.0 Å². The molecule has 0 saturated heterocycles. The number of rotatable bonds is 9. The van der Waals surface area contributed by atoms with Gasteiger partial charge in [0.25, 0.3) is 0 Å². The maximum Gasteiger partial charge on any atom is 0.135 e. The van der Waals surface area contributed by atoms with Gasteiger partial charge in [0.1, 0.15) is 11.6 Å². The molecule has 12 heteroatoms. The summed E-state index contributed by atoms with van der Waals surface area (Å²) in [7, 11) is 0. The van der Waals surface area contributed by atoms with Crippen molar-refractivity contribution in [2.45, 2.75) is 26.2 Å². The van der Waals surface area contributed by atoms with E-state index in [9.17, 15) is 0 Å². The fraction of sp³-hybridized carbons (Fsp3) is 0.0746. The van der Waals surface area contributed by atoms with E-state index in [1.165, 1.54) is 10.5 Å². The zero-order valence-corrected chi connectivity index (χ0v) is 47.5. The monoisotopic (exact) mass is 1390 g/mol. The molecule has 0 N–H and O–H groups in total. The summed E-state index contributed by atoms with van der Waals surface area (Å²) in [5, 5.41) is 4.42. The number of ether oxygens (including phenoxy) is 2. The summed E-state index contributed by atoms with van der Waals surface area (Å²) in [5.74, 6) is 3.92. The Morgan fingerprint density at radius 2 is 1.03 bits per heavy atom. The van der Waals surface area contributed by atoms with E-state index in [-0.39, 0.29) is 47.5 Å². The summed E-state index contributed by atoms with van der Waals surface area (Å²) in [6, 6.07) is 77.5. The van der Waals surface area contributed by atoms with Gasteiger partial charge in [-0.25, -0.2) is 9.97 Å². The number of benzene rings is 8. The van der Waals surface area contributed by atoms with Gasteiger partial charge in [0, 0.05) is 110 Å². The summed E-state index contributed by atoms with van der Waals surface area (Å²) < 4.78 is 40.8. The summed E-state index contributed by atoms with van der Waals surface area (Å²) in [6.07, 6.45) is 7.69. The molecule has 396 valence electrons. The molecule has 4 aromatic heterocycles. The minimum absolute atomic E-state index is 0. The Kier molecular flexibility index (Phi) is 13.7. The Balaban J connectivity index is 0.000000170. The first-order chi connectivity index (χ1) is 38.9. The van der Waals surface area contributed by atoms with Crippen molar-refractivity contribution in [1.29, 1.82) is 0 Å². The van der Waals surface area contributed by atoms with Gasteiger partial charge in [0.15, 0.2) is 0 Å². The minimum Gasteiger partial charge on any atom is -0.509 e. The van der Waals surface area contributed by atoms with Crippen molar-refractivity contribution in [1.82, 2.24) is 19.1 Å². The van der Waals surface area contributed by atoms with Gasteiger partial charge in [-0.2, -0.15) is 30.9 Å². The molecule has 0 atom stereocenters. The Labute approximate surface area is 493 Å². The summed E-state index contributed by atoms with van der Waals surface area (Å²) in [5.41, 5.74) is 9.09. The van der Waals surface area contributed by atoms with Gasteiger partial charge in [0.2, 0.25) is 0 Å². The Morgan fingerprint density at radius 1 is 0.468 bits per heavy atom. The number of aromatic nitrogens is 4. The minimum atomic E-state index is -2.32. The number of nitrogens with zero attached hydrogens (tertiary/aromatic N) is 8. The first kappa shape index (κ1) is 48.9. The summed E-state index contributed by atoms with van der Waals surface area (Å²) in [6.45, 7) is 7.87. The molecular weight excluding hydrogens is 1340 g/mol. The van der Waals surface area contributed by atoms with Gasteiger partial charge in [-0.1, -0.05) is 105 Å². The predicted molar refractivity (Wildman–Crippen MR) is 310 cm³/mol. The largest absolute Gasteiger partial charge is 0.509 e. The van der Waals surface area contributed by atoms with Crippen LogP contribution in [0.3, 0.4) is 0 Å². The van der Waals surface area contributed by atoms with Crippen molar-refractivity contribution in [3.05, 3.63) is 262 Å². The molecule has 0 amide bonds. The van der Waals surface area contributed by atoms with E-state index in [4.69, 9.17) is 18.6 Å². The zero-order valence-electron chi connectivity index (χ0n) is 46.0. The molecule has 0 spiro atoms. The van der Waals surface area contributed by atoms with Gasteiger partial charge < -0.3 is 38.2 Å². The third-order valence-corrected chi connectivity index (χ3v) is 13.6. The van der Waals surface area contributed by atoms with E-state index >= 15 is 0 Å². The van der Waals surface area contributed by atoms with E-state index in [1.807, 2.05) is 156 Å². The van der Waals surface area contributed by atoms with Crippen LogP contribution >= 0.6 is 0 Å². The molecular formula is C67H50N8O2Pt2-6. The number of pyridine rings is 2. The number of para-hydroxylation sites is 5. The standard InChI is InChI=1S/C35H29N4O.C32H21N4O.2Pt/c1-35(2,3)24-18-19-36-34(20-24)39-30-13-6-5-12-28(30)29-17-16-27(22-33(29)39)40-26-11-9-10-25(21-26)38-23-37(4)31-14-7-8-15-32(31)38;1-2-9-24(10-3-1)34-19-20-35(23-34)25-11-8-12-26(21-25)37-27-16-17-29-28-13-4-5-14-30(28)36(31(29)22-27)32-15-6-7-18-33-32;;/h5-20,23H,1-4H3;1-20,23H;;/q2*-3;;/i4D3;;;. The second-order valence-electron chi connectivity index (χ2n) is 19.6. The quantitative estimate of drug-likeness (QED) is 0.132. The fourth-order valence-electron chi connectivity index (χ4n) is 9.91. The predicted octanol–water partition coefficient (Wildman–Crippen LogP) is 16.1. The van der Waals surface area contributed by atoms with Crippen LogP contribution in [-0.2, 0) is 47.5 Å². The first-order valence-corrected chi connectivity index (χ1v) is 25.3. The smallest absolute Gasteiger partial charge is 0.135 e. The molecule has 0 unspecified atom stereocenters. The van der Waals surface area contributed by atoms with E-state index in [0.717, 1.165) is 72.3 Å². The van der Waals surface area contributed by atoms with Crippen molar-refractivity contribution in [2.24, 2.45) is 0 Å². The second kappa shape index (κ2) is 22.1. The number of fused-ring (bicyclic) bond motifs is 7. The average Bonchev–Trinajstić information content (AvgIpc) is 4.47.